The predicted molar refractivity (Wildman–Crippen MR) is 137 cm³/mol. The lowest BCUT2D eigenvalue weighted by atomic mass is 10.1. The Kier molecular flexibility index (Phi) is 6.77. The summed E-state index contributed by atoms with van der Waals surface area (Å²) >= 11 is 0. The molecule has 0 spiro atoms. The second-order valence-corrected chi connectivity index (χ2v) is 8.99. The molecule has 0 fully saturated rings. The fourth-order valence-corrected chi connectivity index (χ4v) is 4.12. The third-order valence-corrected chi connectivity index (χ3v) is 5.75. The lowest BCUT2D eigenvalue weighted by Crippen LogP contribution is -2.41. The van der Waals surface area contributed by atoms with E-state index in [0.29, 0.717) is 23.3 Å². The molecule has 1 aromatic heterocycles. The van der Waals surface area contributed by atoms with Gasteiger partial charge in [-0.15, -0.1) is 0 Å². The summed E-state index contributed by atoms with van der Waals surface area (Å²) in [7, 11) is 0. The van der Waals surface area contributed by atoms with E-state index in [1.165, 1.54) is 0 Å². The van der Waals surface area contributed by atoms with Crippen molar-refractivity contribution in [1.29, 1.82) is 0 Å². The van der Waals surface area contributed by atoms with Gasteiger partial charge in [-0.25, -0.2) is 9.78 Å². The minimum Gasteiger partial charge on any atom is -0.314 e. The summed E-state index contributed by atoms with van der Waals surface area (Å²) in [5.74, 6) is 0.748. The first-order chi connectivity index (χ1) is 16.3. The molecule has 2 amide bonds. The van der Waals surface area contributed by atoms with E-state index in [4.69, 9.17) is 4.98 Å². The van der Waals surface area contributed by atoms with Crippen molar-refractivity contribution in [1.82, 2.24) is 14.5 Å². The van der Waals surface area contributed by atoms with Gasteiger partial charge in [0.15, 0.2) is 0 Å². The lowest BCUT2D eigenvalue weighted by Gasteiger charge is -2.32. The molecule has 6 heteroatoms. The van der Waals surface area contributed by atoms with E-state index in [9.17, 15) is 9.59 Å². The molecule has 0 aliphatic carbocycles. The summed E-state index contributed by atoms with van der Waals surface area (Å²) in [4.78, 5) is 33.7. The number of hydrogen-bond donors (Lipinski definition) is 1. The smallest absolute Gasteiger partial charge is 0.314 e. The molecule has 0 bridgehead atoms. The summed E-state index contributed by atoms with van der Waals surface area (Å²) in [6, 6.07) is 23.8. The highest BCUT2D eigenvalue weighted by atomic mass is 16.2. The molecule has 1 unspecified atom stereocenters. The zero-order valence-corrected chi connectivity index (χ0v) is 20.0. The van der Waals surface area contributed by atoms with Gasteiger partial charge in [-0.3, -0.25) is 9.36 Å². The normalized spacial score (nSPS) is 12.0. The van der Waals surface area contributed by atoms with Gasteiger partial charge in [-0.05, 0) is 61.7 Å². The Morgan fingerprint density at radius 2 is 1.68 bits per heavy atom. The summed E-state index contributed by atoms with van der Waals surface area (Å²) in [6.45, 7) is 8.56. The van der Waals surface area contributed by atoms with Crippen molar-refractivity contribution < 1.29 is 4.79 Å². The first kappa shape index (κ1) is 23.2. The highest BCUT2D eigenvalue weighted by molar-refractivity contribution is 5.89. The second-order valence-electron chi connectivity index (χ2n) is 8.99. The fraction of sp³-hybridized carbons (Fsp3) is 0.250. The minimum atomic E-state index is -0.454. The average Bonchev–Trinajstić information content (AvgIpc) is 2.82. The number of urea groups is 1. The van der Waals surface area contributed by atoms with Gasteiger partial charge in [0.1, 0.15) is 5.82 Å². The molecular formula is C28H30N4O2. The number of carbonyl (C=O) groups excluding carboxylic acids is 1. The van der Waals surface area contributed by atoms with Crippen LogP contribution >= 0.6 is 0 Å². The number of carbonyl (C=O) groups is 1. The summed E-state index contributed by atoms with van der Waals surface area (Å²) in [5, 5.41) is 3.57. The number of fused-ring (bicyclic) bond motifs is 1. The number of anilines is 1. The van der Waals surface area contributed by atoms with Gasteiger partial charge in [-0.2, -0.15) is 0 Å². The molecule has 174 valence electrons. The number of nitrogens with zero attached hydrogens (tertiary/aromatic N) is 3. The molecule has 4 rings (SSSR count). The van der Waals surface area contributed by atoms with Crippen LogP contribution in [0.2, 0.25) is 0 Å². The largest absolute Gasteiger partial charge is 0.322 e. The quantitative estimate of drug-likeness (QED) is 0.392. The van der Waals surface area contributed by atoms with Gasteiger partial charge < -0.3 is 10.2 Å². The standard InChI is InChI=1S/C28H30N4O2/c1-19(2)18-31(28(34)29-22-12-10-11-20(3)17-22)21(4)26-30-25-16-9-8-15-24(25)27(33)32(26)23-13-6-5-7-14-23/h5-17,19,21H,18H2,1-4H3,(H,29,34). The topological polar surface area (TPSA) is 67.2 Å². The van der Waals surface area contributed by atoms with E-state index in [-0.39, 0.29) is 17.5 Å². The van der Waals surface area contributed by atoms with Crippen molar-refractivity contribution in [3.63, 3.8) is 0 Å². The van der Waals surface area contributed by atoms with Crippen molar-refractivity contribution in [2.75, 3.05) is 11.9 Å². The molecule has 6 nitrogen and oxygen atoms in total. The first-order valence-corrected chi connectivity index (χ1v) is 11.6. The number of amides is 2. The maximum Gasteiger partial charge on any atom is 0.322 e. The molecule has 1 heterocycles. The number of hydrogen-bond acceptors (Lipinski definition) is 3. The van der Waals surface area contributed by atoms with Crippen LogP contribution in [0.25, 0.3) is 16.6 Å². The molecule has 0 saturated carbocycles. The summed E-state index contributed by atoms with van der Waals surface area (Å²) in [6.07, 6.45) is 0. The van der Waals surface area contributed by atoms with Crippen molar-refractivity contribution in [3.8, 4) is 5.69 Å². The number of para-hydroxylation sites is 2. The molecule has 34 heavy (non-hydrogen) atoms. The fourth-order valence-electron chi connectivity index (χ4n) is 4.12. The number of aromatic nitrogens is 2. The lowest BCUT2D eigenvalue weighted by molar-refractivity contribution is 0.179. The molecule has 4 aromatic rings. The van der Waals surface area contributed by atoms with Crippen LogP contribution in [0.4, 0.5) is 10.5 Å². The molecule has 0 aliphatic heterocycles. The van der Waals surface area contributed by atoms with E-state index in [2.05, 4.69) is 19.2 Å². The van der Waals surface area contributed by atoms with E-state index < -0.39 is 6.04 Å². The molecule has 0 radical (unpaired) electrons. The van der Waals surface area contributed by atoms with Gasteiger partial charge in [0.2, 0.25) is 0 Å². The van der Waals surface area contributed by atoms with Gasteiger partial charge in [0.05, 0.1) is 22.6 Å². The van der Waals surface area contributed by atoms with Crippen LogP contribution in [0.15, 0.2) is 83.7 Å². The van der Waals surface area contributed by atoms with E-state index in [1.807, 2.05) is 86.6 Å². The summed E-state index contributed by atoms with van der Waals surface area (Å²) in [5.41, 5.74) is 2.98. The van der Waals surface area contributed by atoms with Crippen LogP contribution in [-0.4, -0.2) is 27.0 Å². The van der Waals surface area contributed by atoms with E-state index in [1.54, 1.807) is 15.5 Å². The Labute approximate surface area is 199 Å². The maximum atomic E-state index is 13.6. The van der Waals surface area contributed by atoms with Crippen LogP contribution < -0.4 is 10.9 Å². The Balaban J connectivity index is 1.83. The zero-order chi connectivity index (χ0) is 24.2. The Morgan fingerprint density at radius 3 is 2.38 bits per heavy atom. The van der Waals surface area contributed by atoms with E-state index >= 15 is 0 Å². The Morgan fingerprint density at radius 1 is 0.971 bits per heavy atom. The van der Waals surface area contributed by atoms with Crippen molar-refractivity contribution in [2.24, 2.45) is 5.92 Å². The number of rotatable bonds is 6. The summed E-state index contributed by atoms with van der Waals surface area (Å²) < 4.78 is 1.63. The first-order valence-electron chi connectivity index (χ1n) is 11.6. The molecular weight excluding hydrogens is 424 g/mol. The Hall–Kier alpha value is -3.93. The zero-order valence-electron chi connectivity index (χ0n) is 20.0. The van der Waals surface area contributed by atoms with Crippen LogP contribution in [-0.2, 0) is 0 Å². The number of benzene rings is 3. The van der Waals surface area contributed by atoms with E-state index in [0.717, 1.165) is 16.9 Å². The molecule has 0 saturated heterocycles. The number of aryl methyl sites for hydroxylation is 1. The highest BCUT2D eigenvalue weighted by Gasteiger charge is 2.27. The number of nitrogens with one attached hydrogen (secondary N) is 1. The molecule has 0 aliphatic rings. The van der Waals surface area contributed by atoms with Crippen LogP contribution in [0.5, 0.6) is 0 Å². The monoisotopic (exact) mass is 454 g/mol. The predicted octanol–water partition coefficient (Wildman–Crippen LogP) is 5.95. The van der Waals surface area contributed by atoms with Crippen molar-refractivity contribution >= 4 is 22.6 Å². The van der Waals surface area contributed by atoms with Gasteiger partial charge in [0, 0.05) is 12.2 Å². The molecule has 1 N–H and O–H groups in total. The van der Waals surface area contributed by atoms with Crippen LogP contribution in [0, 0.1) is 12.8 Å². The second kappa shape index (κ2) is 9.91. The molecule has 1 atom stereocenters. The Bertz CT molecular complexity index is 1360. The van der Waals surface area contributed by atoms with Crippen LogP contribution in [0.3, 0.4) is 0 Å². The van der Waals surface area contributed by atoms with Gasteiger partial charge in [-0.1, -0.05) is 56.3 Å². The van der Waals surface area contributed by atoms with Crippen molar-refractivity contribution in [3.05, 3.63) is 101 Å². The minimum absolute atomic E-state index is 0.151. The third kappa shape index (κ3) is 4.86. The van der Waals surface area contributed by atoms with Gasteiger partial charge >= 0.3 is 6.03 Å². The SMILES string of the molecule is Cc1cccc(NC(=O)N(CC(C)C)C(C)c2nc3ccccc3c(=O)n2-c2ccccc2)c1. The van der Waals surface area contributed by atoms with Crippen LogP contribution in [0.1, 0.15) is 38.2 Å². The van der Waals surface area contributed by atoms with Gasteiger partial charge in [0.25, 0.3) is 5.56 Å². The average molecular weight is 455 g/mol. The van der Waals surface area contributed by atoms with Crippen molar-refractivity contribution in [2.45, 2.75) is 33.7 Å². The maximum absolute atomic E-state index is 13.6. The molecule has 3 aromatic carbocycles. The third-order valence-electron chi connectivity index (χ3n) is 5.75. The highest BCUT2D eigenvalue weighted by Crippen LogP contribution is 2.25.